The zero-order chi connectivity index (χ0) is 18.8. The van der Waals surface area contributed by atoms with Crippen LogP contribution in [0.1, 0.15) is 11.1 Å². The van der Waals surface area contributed by atoms with Gasteiger partial charge in [-0.3, -0.25) is 9.36 Å². The van der Waals surface area contributed by atoms with Crippen LogP contribution in [-0.2, 0) is 29.1 Å². The number of para-hydroxylation sites is 2. The van der Waals surface area contributed by atoms with Crippen molar-refractivity contribution in [1.82, 2.24) is 9.88 Å². The van der Waals surface area contributed by atoms with Gasteiger partial charge in [0.1, 0.15) is 18.1 Å². The van der Waals surface area contributed by atoms with Crippen molar-refractivity contribution >= 4 is 17.0 Å². The zero-order valence-corrected chi connectivity index (χ0v) is 14.4. The number of hydrogen-bond acceptors (Lipinski definition) is 5. The van der Waals surface area contributed by atoms with E-state index >= 15 is 0 Å². The number of ether oxygens (including phenoxy) is 2. The van der Waals surface area contributed by atoms with E-state index in [9.17, 15) is 14.0 Å². The van der Waals surface area contributed by atoms with Crippen LogP contribution >= 0.6 is 0 Å². The van der Waals surface area contributed by atoms with E-state index in [1.165, 1.54) is 16.7 Å². The molecule has 8 heteroatoms. The molecule has 0 fully saturated rings. The van der Waals surface area contributed by atoms with Gasteiger partial charge in [-0.15, -0.1) is 0 Å². The lowest BCUT2D eigenvalue weighted by molar-refractivity contribution is -0.121. The molecule has 0 bridgehead atoms. The molecule has 0 radical (unpaired) electrons. The van der Waals surface area contributed by atoms with Crippen LogP contribution < -0.4 is 15.8 Å². The highest BCUT2D eigenvalue weighted by Gasteiger charge is 2.17. The van der Waals surface area contributed by atoms with Crippen molar-refractivity contribution < 1.29 is 23.1 Å². The number of aromatic nitrogens is 1. The average Bonchev–Trinajstić information content (AvgIpc) is 2.97. The molecular formula is C19H17FN2O5. The summed E-state index contributed by atoms with van der Waals surface area (Å²) in [4.78, 5) is 24.1. The molecule has 0 spiro atoms. The highest BCUT2D eigenvalue weighted by Crippen LogP contribution is 2.29. The molecular weight excluding hydrogens is 355 g/mol. The van der Waals surface area contributed by atoms with Crippen molar-refractivity contribution in [3.8, 4) is 5.75 Å². The maximum Gasteiger partial charge on any atom is 0.420 e. The minimum absolute atomic E-state index is 0.120. The van der Waals surface area contributed by atoms with Crippen LogP contribution in [0.4, 0.5) is 4.39 Å². The third-order valence-corrected chi connectivity index (χ3v) is 4.34. The minimum atomic E-state index is -0.584. The van der Waals surface area contributed by atoms with Crippen LogP contribution in [0.5, 0.6) is 5.75 Å². The molecule has 4 rings (SSSR count). The van der Waals surface area contributed by atoms with E-state index < -0.39 is 5.76 Å². The summed E-state index contributed by atoms with van der Waals surface area (Å²) in [5, 5.41) is 2.74. The van der Waals surface area contributed by atoms with Gasteiger partial charge in [0.15, 0.2) is 12.4 Å². The molecule has 0 saturated heterocycles. The van der Waals surface area contributed by atoms with Crippen LogP contribution in [0, 0.1) is 5.82 Å². The molecule has 140 valence electrons. The maximum absolute atomic E-state index is 13.7. The summed E-state index contributed by atoms with van der Waals surface area (Å²) in [5.74, 6) is -0.688. The predicted octanol–water partition coefficient (Wildman–Crippen LogP) is 1.96. The molecule has 1 N–H and O–H groups in total. The highest BCUT2D eigenvalue weighted by atomic mass is 19.1. The first-order valence-electron chi connectivity index (χ1n) is 8.49. The third kappa shape index (κ3) is 3.56. The van der Waals surface area contributed by atoms with Crippen molar-refractivity contribution in [3.05, 3.63) is 63.9 Å². The van der Waals surface area contributed by atoms with E-state index in [0.717, 1.165) is 0 Å². The Morgan fingerprint density at radius 3 is 3.00 bits per heavy atom. The zero-order valence-electron chi connectivity index (χ0n) is 14.4. The molecule has 1 amide bonds. The molecule has 7 nitrogen and oxygen atoms in total. The Hall–Kier alpha value is -3.13. The van der Waals surface area contributed by atoms with Crippen LogP contribution in [-0.4, -0.2) is 23.8 Å². The van der Waals surface area contributed by atoms with Gasteiger partial charge >= 0.3 is 5.76 Å². The van der Waals surface area contributed by atoms with Crippen molar-refractivity contribution in [3.63, 3.8) is 0 Å². The summed E-state index contributed by atoms with van der Waals surface area (Å²) in [5.41, 5.74) is 2.31. The Morgan fingerprint density at radius 1 is 1.26 bits per heavy atom. The quantitative estimate of drug-likeness (QED) is 0.740. The number of carbonyl (C=O) groups is 1. The summed E-state index contributed by atoms with van der Waals surface area (Å²) in [6, 6.07) is 9.68. The number of benzene rings is 2. The second kappa shape index (κ2) is 7.24. The maximum atomic E-state index is 13.7. The van der Waals surface area contributed by atoms with Gasteiger partial charge in [-0.05, 0) is 36.2 Å². The lowest BCUT2D eigenvalue weighted by Crippen LogP contribution is -2.32. The summed E-state index contributed by atoms with van der Waals surface area (Å²) in [7, 11) is 0. The fourth-order valence-corrected chi connectivity index (χ4v) is 3.14. The fraction of sp³-hybridized carbons (Fsp3) is 0.263. The second-order valence-electron chi connectivity index (χ2n) is 6.19. The first-order chi connectivity index (χ1) is 13.1. The molecule has 0 saturated carbocycles. The number of nitrogens with zero attached hydrogens (tertiary/aromatic N) is 1. The minimum Gasteiger partial charge on any atom is -0.467 e. The lowest BCUT2D eigenvalue weighted by atomic mass is 10.1. The third-order valence-electron chi connectivity index (χ3n) is 4.34. The highest BCUT2D eigenvalue weighted by molar-refractivity contribution is 5.79. The number of rotatable bonds is 5. The normalized spacial score (nSPS) is 13.2. The smallest absolute Gasteiger partial charge is 0.420 e. The summed E-state index contributed by atoms with van der Waals surface area (Å²) in [6.45, 7) is 0.544. The van der Waals surface area contributed by atoms with Crippen LogP contribution in [0.25, 0.3) is 11.1 Å². The number of oxazole rings is 1. The molecule has 27 heavy (non-hydrogen) atoms. The Balaban J connectivity index is 1.41. The topological polar surface area (TPSA) is 82.7 Å². The average molecular weight is 372 g/mol. The molecule has 2 heterocycles. The predicted molar refractivity (Wildman–Crippen MR) is 93.9 cm³/mol. The number of carbonyl (C=O) groups excluding carboxylic acids is 1. The molecule has 0 aliphatic carbocycles. The first kappa shape index (κ1) is 17.3. The van der Waals surface area contributed by atoms with Gasteiger partial charge < -0.3 is 19.2 Å². The monoisotopic (exact) mass is 372 g/mol. The summed E-state index contributed by atoms with van der Waals surface area (Å²) in [6.07, 6.45) is 0.396. The van der Waals surface area contributed by atoms with Crippen molar-refractivity contribution in [2.24, 2.45) is 0 Å². The molecule has 0 atom stereocenters. The SMILES string of the molecule is O=C(Cn1c(=O)oc2ccccc21)NCCc1cc(F)cc2c1OCOC2. The number of hydrogen-bond donors (Lipinski definition) is 1. The van der Waals surface area contributed by atoms with E-state index in [1.807, 2.05) is 0 Å². The Kier molecular flexibility index (Phi) is 4.64. The number of amides is 1. The number of nitrogens with one attached hydrogen (secondary N) is 1. The van der Waals surface area contributed by atoms with Crippen molar-refractivity contribution in [2.75, 3.05) is 13.3 Å². The fourth-order valence-electron chi connectivity index (χ4n) is 3.14. The Morgan fingerprint density at radius 2 is 2.11 bits per heavy atom. The van der Waals surface area contributed by atoms with E-state index in [0.29, 0.717) is 41.0 Å². The molecule has 0 unspecified atom stereocenters. The second-order valence-corrected chi connectivity index (χ2v) is 6.19. The van der Waals surface area contributed by atoms with Crippen molar-refractivity contribution in [2.45, 2.75) is 19.6 Å². The number of fused-ring (bicyclic) bond motifs is 2. The van der Waals surface area contributed by atoms with E-state index in [4.69, 9.17) is 13.9 Å². The largest absolute Gasteiger partial charge is 0.467 e. The molecule has 2 aromatic carbocycles. The number of halogens is 1. The van der Waals surface area contributed by atoms with Gasteiger partial charge in [-0.25, -0.2) is 9.18 Å². The molecule has 1 aliphatic rings. The summed E-state index contributed by atoms with van der Waals surface area (Å²) >= 11 is 0. The van der Waals surface area contributed by atoms with Gasteiger partial charge in [-0.2, -0.15) is 0 Å². The van der Waals surface area contributed by atoms with Crippen molar-refractivity contribution in [1.29, 1.82) is 0 Å². The van der Waals surface area contributed by atoms with Gasteiger partial charge in [0.25, 0.3) is 0 Å². The van der Waals surface area contributed by atoms with Gasteiger partial charge in [0.05, 0.1) is 12.1 Å². The molecule has 1 aromatic heterocycles. The Bertz CT molecular complexity index is 1060. The molecule has 3 aromatic rings. The van der Waals surface area contributed by atoms with Crippen LogP contribution in [0.15, 0.2) is 45.6 Å². The van der Waals surface area contributed by atoms with E-state index in [2.05, 4.69) is 5.32 Å². The van der Waals surface area contributed by atoms with Crippen LogP contribution in [0.3, 0.4) is 0 Å². The van der Waals surface area contributed by atoms with Gasteiger partial charge in [-0.1, -0.05) is 12.1 Å². The van der Waals surface area contributed by atoms with E-state index in [-0.39, 0.29) is 31.6 Å². The van der Waals surface area contributed by atoms with Gasteiger partial charge in [0.2, 0.25) is 5.91 Å². The van der Waals surface area contributed by atoms with Crippen LogP contribution in [0.2, 0.25) is 0 Å². The standard InChI is InChI=1S/C19H17FN2O5/c20-14-7-12(18-13(8-14)10-25-11-26-18)5-6-21-17(23)9-22-15-3-1-2-4-16(15)27-19(22)24/h1-4,7-8H,5-6,9-11H2,(H,21,23). The molecule has 1 aliphatic heterocycles. The Labute approximate surface area is 153 Å². The van der Waals surface area contributed by atoms with Gasteiger partial charge in [0, 0.05) is 12.1 Å². The van der Waals surface area contributed by atoms with E-state index in [1.54, 1.807) is 24.3 Å². The summed E-state index contributed by atoms with van der Waals surface area (Å²) < 4.78 is 30.7. The lowest BCUT2D eigenvalue weighted by Gasteiger charge is -2.21. The first-order valence-corrected chi connectivity index (χ1v) is 8.49.